The minimum Gasteiger partial charge on any atom is -0.426 e. The van der Waals surface area contributed by atoms with Gasteiger partial charge in [-0.05, 0) is 68.5 Å². The molecule has 0 saturated carbocycles. The number of rotatable bonds is 18. The average Bonchev–Trinajstić information content (AvgIpc) is 3.07. The van der Waals surface area contributed by atoms with E-state index in [1.807, 2.05) is 74.5 Å². The van der Waals surface area contributed by atoms with Crippen LogP contribution in [0.15, 0.2) is 60.7 Å². The van der Waals surface area contributed by atoms with Crippen molar-refractivity contribution < 1.29 is 29.2 Å². The van der Waals surface area contributed by atoms with Crippen molar-refractivity contribution in [3.05, 3.63) is 71.8 Å². The van der Waals surface area contributed by atoms with Crippen LogP contribution in [-0.2, 0) is 32.0 Å². The Morgan fingerprint density at radius 2 is 1.38 bits per heavy atom. The SMILES string of the molecule is CC(C)C[C@@H](NC(=O)[C@@H](Cc1ccccc1)NC(=O)[C@H](N)Cc1ccccc1)C(=O)N[C@H](CCCCN)C(=O)N1CCCCC1B(O)O. The van der Waals surface area contributed by atoms with Gasteiger partial charge in [0.05, 0.1) is 12.0 Å². The molecule has 1 saturated heterocycles. The quantitative estimate of drug-likeness (QED) is 0.0897. The Morgan fingerprint density at radius 3 is 1.96 bits per heavy atom. The molecule has 1 fully saturated rings. The lowest BCUT2D eigenvalue weighted by Crippen LogP contribution is -2.60. The van der Waals surface area contributed by atoms with Gasteiger partial charge in [-0.3, -0.25) is 19.2 Å². The predicted molar refractivity (Wildman–Crippen MR) is 186 cm³/mol. The second kappa shape index (κ2) is 19.9. The topological polar surface area (TPSA) is 200 Å². The van der Waals surface area contributed by atoms with E-state index in [4.69, 9.17) is 11.5 Å². The zero-order valence-corrected chi connectivity index (χ0v) is 28.2. The largest absolute Gasteiger partial charge is 0.475 e. The predicted octanol–water partition coefficient (Wildman–Crippen LogP) is 0.822. The highest BCUT2D eigenvalue weighted by Crippen LogP contribution is 2.20. The molecule has 1 aliphatic rings. The molecule has 0 aliphatic carbocycles. The second-order valence-electron chi connectivity index (χ2n) is 13.1. The van der Waals surface area contributed by atoms with Crippen LogP contribution in [0.1, 0.15) is 69.9 Å². The van der Waals surface area contributed by atoms with Gasteiger partial charge in [-0.2, -0.15) is 0 Å². The monoisotopic (exact) mass is 664 g/mol. The molecule has 9 N–H and O–H groups in total. The first-order valence-electron chi connectivity index (χ1n) is 17.1. The van der Waals surface area contributed by atoms with Gasteiger partial charge in [0.2, 0.25) is 23.6 Å². The number of piperidine rings is 1. The second-order valence-corrected chi connectivity index (χ2v) is 13.1. The molecule has 4 amide bonds. The zero-order valence-electron chi connectivity index (χ0n) is 28.2. The molecule has 48 heavy (non-hydrogen) atoms. The third-order valence-corrected chi connectivity index (χ3v) is 8.63. The van der Waals surface area contributed by atoms with Crippen LogP contribution in [0.2, 0.25) is 0 Å². The fraction of sp³-hybridized carbons (Fsp3) is 0.543. The lowest BCUT2D eigenvalue weighted by Gasteiger charge is -2.38. The Labute approximate surface area is 284 Å². The summed E-state index contributed by atoms with van der Waals surface area (Å²) in [7, 11) is -1.69. The number of hydrogen-bond donors (Lipinski definition) is 7. The Kier molecular flexibility index (Phi) is 16.0. The molecule has 2 aromatic rings. The van der Waals surface area contributed by atoms with Crippen LogP contribution in [0.5, 0.6) is 0 Å². The first-order valence-corrected chi connectivity index (χ1v) is 17.1. The van der Waals surface area contributed by atoms with Crippen LogP contribution < -0.4 is 27.4 Å². The number of amides is 4. The van der Waals surface area contributed by atoms with Crippen molar-refractivity contribution in [2.24, 2.45) is 17.4 Å². The van der Waals surface area contributed by atoms with Crippen LogP contribution in [0, 0.1) is 5.92 Å². The summed E-state index contributed by atoms with van der Waals surface area (Å²) in [6, 6.07) is 14.7. The van der Waals surface area contributed by atoms with Gasteiger partial charge in [-0.1, -0.05) is 80.9 Å². The molecule has 12 nitrogen and oxygen atoms in total. The van der Waals surface area contributed by atoms with Crippen LogP contribution in [0.25, 0.3) is 0 Å². The lowest BCUT2D eigenvalue weighted by atomic mass is 9.73. The molecule has 0 bridgehead atoms. The van der Waals surface area contributed by atoms with Gasteiger partial charge in [-0.25, -0.2) is 0 Å². The van der Waals surface area contributed by atoms with Gasteiger partial charge in [0.1, 0.15) is 18.1 Å². The minimum atomic E-state index is -1.69. The standard InChI is InChI=1S/C35H53BN6O6/c1-24(2)21-29(33(44)39-28(17-9-11-19-37)35(46)42-20-12-10-18-31(42)36(47)48)41-34(45)30(23-26-15-7-4-8-16-26)40-32(43)27(38)22-25-13-5-3-6-14-25/h3-8,13-16,24,27-31,47-48H,9-12,17-23,37-38H2,1-2H3,(H,39,44)(H,40,43)(H,41,45)/t27-,28-,29-,30-,31?/m1/s1. The Morgan fingerprint density at radius 1 is 0.812 bits per heavy atom. The van der Waals surface area contributed by atoms with Gasteiger partial charge in [-0.15, -0.1) is 0 Å². The van der Waals surface area contributed by atoms with E-state index in [0.717, 1.165) is 17.5 Å². The fourth-order valence-electron chi connectivity index (χ4n) is 6.04. The van der Waals surface area contributed by atoms with Gasteiger partial charge in [0, 0.05) is 13.0 Å². The molecule has 1 unspecified atom stereocenters. The van der Waals surface area contributed by atoms with E-state index in [0.29, 0.717) is 45.2 Å². The molecule has 262 valence electrons. The summed E-state index contributed by atoms with van der Waals surface area (Å²) in [5, 5.41) is 28.4. The first kappa shape index (κ1) is 38.7. The molecule has 0 spiro atoms. The van der Waals surface area contributed by atoms with E-state index in [1.165, 1.54) is 4.90 Å². The molecule has 5 atom stereocenters. The molecule has 13 heteroatoms. The van der Waals surface area contributed by atoms with Crippen molar-refractivity contribution in [2.45, 2.75) is 102 Å². The normalized spacial score (nSPS) is 17.1. The third kappa shape index (κ3) is 12.4. The summed E-state index contributed by atoms with van der Waals surface area (Å²) in [6.07, 6.45) is 4.19. The van der Waals surface area contributed by atoms with Crippen molar-refractivity contribution in [3.63, 3.8) is 0 Å². The number of nitrogens with zero attached hydrogens (tertiary/aromatic N) is 1. The van der Waals surface area contributed by atoms with Gasteiger partial charge in [0.15, 0.2) is 0 Å². The Balaban J connectivity index is 1.79. The molecule has 1 aliphatic heterocycles. The molecule has 0 aromatic heterocycles. The van der Waals surface area contributed by atoms with Crippen molar-refractivity contribution in [1.29, 1.82) is 0 Å². The van der Waals surface area contributed by atoms with Crippen LogP contribution in [0.4, 0.5) is 0 Å². The van der Waals surface area contributed by atoms with Gasteiger partial charge >= 0.3 is 7.12 Å². The van der Waals surface area contributed by atoms with Crippen molar-refractivity contribution in [2.75, 3.05) is 13.1 Å². The Bertz CT molecular complexity index is 1300. The summed E-state index contributed by atoms with van der Waals surface area (Å²) in [5.74, 6) is -2.73. The number of carbonyl (C=O) groups is 4. The van der Waals surface area contributed by atoms with Crippen molar-refractivity contribution in [3.8, 4) is 0 Å². The number of hydrogen-bond acceptors (Lipinski definition) is 8. The fourth-order valence-corrected chi connectivity index (χ4v) is 6.04. The highest BCUT2D eigenvalue weighted by atomic mass is 16.4. The first-order chi connectivity index (χ1) is 23.0. The molecule has 3 rings (SSSR count). The third-order valence-electron chi connectivity index (χ3n) is 8.63. The number of nitrogens with two attached hydrogens (primary N) is 2. The number of unbranched alkanes of at least 4 members (excludes halogenated alkanes) is 1. The van der Waals surface area contributed by atoms with E-state index < -0.39 is 60.9 Å². The summed E-state index contributed by atoms with van der Waals surface area (Å²) < 4.78 is 0. The number of likely N-dealkylation sites (tertiary alicyclic amines) is 1. The average molecular weight is 665 g/mol. The summed E-state index contributed by atoms with van der Waals surface area (Å²) in [6.45, 7) is 4.61. The van der Waals surface area contributed by atoms with E-state index >= 15 is 0 Å². The highest BCUT2D eigenvalue weighted by molar-refractivity contribution is 6.43. The molecule has 0 radical (unpaired) electrons. The zero-order chi connectivity index (χ0) is 35.1. The molecular weight excluding hydrogens is 611 g/mol. The van der Waals surface area contributed by atoms with Crippen molar-refractivity contribution >= 4 is 30.7 Å². The summed E-state index contributed by atoms with van der Waals surface area (Å²) in [5.41, 5.74) is 13.6. The smallest absolute Gasteiger partial charge is 0.426 e. The van der Waals surface area contributed by atoms with Crippen LogP contribution >= 0.6 is 0 Å². The number of nitrogens with one attached hydrogen (secondary N) is 3. The maximum atomic E-state index is 13.9. The van der Waals surface area contributed by atoms with E-state index in [-0.39, 0.29) is 25.2 Å². The molecule has 2 aromatic carbocycles. The van der Waals surface area contributed by atoms with Gasteiger partial charge in [0.25, 0.3) is 0 Å². The van der Waals surface area contributed by atoms with Gasteiger partial charge < -0.3 is 42.4 Å². The summed E-state index contributed by atoms with van der Waals surface area (Å²) in [4.78, 5) is 56.1. The van der Waals surface area contributed by atoms with E-state index in [1.54, 1.807) is 0 Å². The maximum absolute atomic E-state index is 13.9. The number of carbonyl (C=O) groups excluding carboxylic acids is 4. The highest BCUT2D eigenvalue weighted by Gasteiger charge is 2.39. The number of benzene rings is 2. The minimum absolute atomic E-state index is 0.00455. The summed E-state index contributed by atoms with van der Waals surface area (Å²) >= 11 is 0. The molecule has 1 heterocycles. The van der Waals surface area contributed by atoms with Crippen LogP contribution in [0.3, 0.4) is 0 Å². The van der Waals surface area contributed by atoms with E-state index in [9.17, 15) is 29.2 Å². The van der Waals surface area contributed by atoms with E-state index in [2.05, 4.69) is 16.0 Å². The maximum Gasteiger partial charge on any atom is 0.475 e. The molecular formula is C35H53BN6O6. The lowest BCUT2D eigenvalue weighted by molar-refractivity contribution is -0.139. The van der Waals surface area contributed by atoms with Crippen LogP contribution in [-0.4, -0.2) is 88.9 Å². The van der Waals surface area contributed by atoms with Crippen molar-refractivity contribution in [1.82, 2.24) is 20.9 Å². The Hall–Kier alpha value is -3.78.